The predicted octanol–water partition coefficient (Wildman–Crippen LogP) is 2.87. The first kappa shape index (κ1) is 20.7. The number of ether oxygens (including phenoxy) is 3. The summed E-state index contributed by atoms with van der Waals surface area (Å²) >= 11 is 0. The summed E-state index contributed by atoms with van der Waals surface area (Å²) in [6.45, 7) is 3.84. The highest BCUT2D eigenvalue weighted by Gasteiger charge is 2.59. The number of methoxy groups -OCH3 is 3. The SMILES string of the molecule is CC[C@H]1CN2CC[C@@]3(Nc4cccc(OC)c4C3=O)[C@H]2C[C@H]1/C(=C\OC)C(=O)OC. The van der Waals surface area contributed by atoms with E-state index in [0.717, 1.165) is 31.6 Å². The van der Waals surface area contributed by atoms with Crippen LogP contribution in [0, 0.1) is 11.8 Å². The number of carbonyl (C=O) groups excluding carboxylic acids is 2. The summed E-state index contributed by atoms with van der Waals surface area (Å²) in [5.41, 5.74) is 1.32. The molecule has 0 aromatic heterocycles. The Labute approximate surface area is 177 Å². The molecule has 2 saturated heterocycles. The number of nitrogens with zero attached hydrogens (tertiary/aromatic N) is 1. The Balaban J connectivity index is 1.70. The summed E-state index contributed by atoms with van der Waals surface area (Å²) in [6, 6.07) is 5.65. The molecule has 1 aromatic carbocycles. The van der Waals surface area contributed by atoms with Crippen molar-refractivity contribution in [3.63, 3.8) is 0 Å². The molecule has 162 valence electrons. The minimum atomic E-state index is -0.692. The molecular weight excluding hydrogens is 384 g/mol. The highest BCUT2D eigenvalue weighted by molar-refractivity contribution is 6.16. The minimum absolute atomic E-state index is 0.0141. The van der Waals surface area contributed by atoms with Crippen molar-refractivity contribution in [1.29, 1.82) is 0 Å². The fourth-order valence-corrected chi connectivity index (χ4v) is 5.68. The van der Waals surface area contributed by atoms with Crippen LogP contribution in [0.15, 0.2) is 30.0 Å². The third-order valence-electron chi connectivity index (χ3n) is 7.14. The van der Waals surface area contributed by atoms with Crippen molar-refractivity contribution in [3.05, 3.63) is 35.6 Å². The van der Waals surface area contributed by atoms with Crippen LogP contribution in [0.25, 0.3) is 0 Å². The van der Waals surface area contributed by atoms with Crippen LogP contribution in [0.3, 0.4) is 0 Å². The Bertz CT molecular complexity index is 882. The van der Waals surface area contributed by atoms with E-state index in [-0.39, 0.29) is 23.7 Å². The molecule has 3 aliphatic heterocycles. The molecule has 1 N–H and O–H groups in total. The van der Waals surface area contributed by atoms with E-state index in [1.54, 1.807) is 14.2 Å². The van der Waals surface area contributed by atoms with Gasteiger partial charge >= 0.3 is 5.97 Å². The smallest absolute Gasteiger partial charge is 0.337 e. The zero-order valence-electron chi connectivity index (χ0n) is 18.1. The van der Waals surface area contributed by atoms with Crippen LogP contribution in [0.1, 0.15) is 36.5 Å². The lowest BCUT2D eigenvalue weighted by Crippen LogP contribution is -2.57. The number of carbonyl (C=O) groups is 2. The molecule has 7 nitrogen and oxygen atoms in total. The zero-order valence-corrected chi connectivity index (χ0v) is 18.1. The number of nitrogens with one attached hydrogen (secondary N) is 1. The van der Waals surface area contributed by atoms with Crippen LogP contribution in [-0.2, 0) is 14.3 Å². The third kappa shape index (κ3) is 2.98. The lowest BCUT2D eigenvalue weighted by Gasteiger charge is -2.45. The molecule has 2 fully saturated rings. The first-order chi connectivity index (χ1) is 14.5. The van der Waals surface area contributed by atoms with E-state index in [1.807, 2.05) is 18.2 Å². The number of esters is 1. The van der Waals surface area contributed by atoms with Crippen molar-refractivity contribution in [2.45, 2.75) is 37.8 Å². The van der Waals surface area contributed by atoms with E-state index in [2.05, 4.69) is 17.1 Å². The van der Waals surface area contributed by atoms with Crippen LogP contribution in [0.4, 0.5) is 5.69 Å². The molecule has 7 heteroatoms. The molecule has 1 spiro atoms. The molecule has 0 aliphatic carbocycles. The number of hydrogen-bond acceptors (Lipinski definition) is 7. The van der Waals surface area contributed by atoms with Gasteiger partial charge in [0.25, 0.3) is 0 Å². The van der Waals surface area contributed by atoms with Crippen LogP contribution in [0.2, 0.25) is 0 Å². The van der Waals surface area contributed by atoms with Crippen molar-refractivity contribution in [2.24, 2.45) is 11.8 Å². The molecular formula is C23H30N2O5. The molecule has 1 aromatic rings. The van der Waals surface area contributed by atoms with E-state index in [0.29, 0.717) is 29.2 Å². The van der Waals surface area contributed by atoms with Crippen molar-refractivity contribution in [2.75, 3.05) is 39.7 Å². The van der Waals surface area contributed by atoms with Gasteiger partial charge in [-0.1, -0.05) is 19.4 Å². The zero-order chi connectivity index (χ0) is 21.5. The van der Waals surface area contributed by atoms with Crippen LogP contribution in [0.5, 0.6) is 5.75 Å². The van der Waals surface area contributed by atoms with Gasteiger partial charge in [0.2, 0.25) is 0 Å². The second kappa shape index (κ2) is 7.95. The maximum Gasteiger partial charge on any atom is 0.337 e. The molecule has 30 heavy (non-hydrogen) atoms. The Kier molecular flexibility index (Phi) is 5.49. The number of fused-ring (bicyclic) bond motifs is 3. The largest absolute Gasteiger partial charge is 0.504 e. The Morgan fingerprint density at radius 1 is 1.33 bits per heavy atom. The third-order valence-corrected chi connectivity index (χ3v) is 7.14. The van der Waals surface area contributed by atoms with E-state index < -0.39 is 5.54 Å². The maximum absolute atomic E-state index is 13.7. The first-order valence-corrected chi connectivity index (χ1v) is 10.6. The Morgan fingerprint density at radius 2 is 2.13 bits per heavy atom. The van der Waals surface area contributed by atoms with E-state index >= 15 is 0 Å². The molecule has 3 heterocycles. The van der Waals surface area contributed by atoms with Crippen LogP contribution >= 0.6 is 0 Å². The van der Waals surface area contributed by atoms with Gasteiger partial charge in [-0.15, -0.1) is 0 Å². The number of anilines is 1. The monoisotopic (exact) mass is 414 g/mol. The van der Waals surface area contributed by atoms with Gasteiger partial charge in [0, 0.05) is 24.8 Å². The molecule has 3 aliphatic rings. The van der Waals surface area contributed by atoms with Gasteiger partial charge in [0.15, 0.2) is 5.78 Å². The van der Waals surface area contributed by atoms with Gasteiger partial charge in [-0.25, -0.2) is 4.79 Å². The number of rotatable bonds is 5. The van der Waals surface area contributed by atoms with Crippen molar-refractivity contribution in [1.82, 2.24) is 4.90 Å². The summed E-state index contributed by atoms with van der Waals surface area (Å²) < 4.78 is 15.7. The van der Waals surface area contributed by atoms with Crippen LogP contribution < -0.4 is 10.1 Å². The fraction of sp³-hybridized carbons (Fsp3) is 0.565. The van der Waals surface area contributed by atoms with Crippen molar-refractivity contribution < 1.29 is 23.8 Å². The summed E-state index contributed by atoms with van der Waals surface area (Å²) in [5, 5.41) is 3.56. The molecule has 0 radical (unpaired) electrons. The fourth-order valence-electron chi connectivity index (χ4n) is 5.68. The lowest BCUT2D eigenvalue weighted by atomic mass is 9.72. The van der Waals surface area contributed by atoms with Gasteiger partial charge in [-0.05, 0) is 36.8 Å². The predicted molar refractivity (Wildman–Crippen MR) is 113 cm³/mol. The van der Waals surface area contributed by atoms with E-state index in [1.165, 1.54) is 13.4 Å². The van der Waals surface area contributed by atoms with Gasteiger partial charge in [-0.3, -0.25) is 9.69 Å². The number of benzene rings is 1. The quantitative estimate of drug-likeness (QED) is 0.451. The highest BCUT2D eigenvalue weighted by Crippen LogP contribution is 2.50. The molecule has 4 atom stereocenters. The molecule has 0 bridgehead atoms. The second-order valence-electron chi connectivity index (χ2n) is 8.38. The van der Waals surface area contributed by atoms with Gasteiger partial charge in [-0.2, -0.15) is 0 Å². The number of ketones is 1. The topological polar surface area (TPSA) is 77.1 Å². The minimum Gasteiger partial charge on any atom is -0.504 e. The number of piperidine rings is 1. The second-order valence-corrected chi connectivity index (χ2v) is 8.38. The lowest BCUT2D eigenvalue weighted by molar-refractivity contribution is -0.137. The van der Waals surface area contributed by atoms with Crippen LogP contribution in [-0.4, -0.2) is 62.7 Å². The van der Waals surface area contributed by atoms with E-state index in [4.69, 9.17) is 14.2 Å². The van der Waals surface area contributed by atoms with Crippen molar-refractivity contribution in [3.8, 4) is 5.75 Å². The molecule has 0 unspecified atom stereocenters. The normalized spacial score (nSPS) is 30.6. The van der Waals surface area contributed by atoms with Gasteiger partial charge in [0.1, 0.15) is 11.3 Å². The molecule has 0 amide bonds. The Morgan fingerprint density at radius 3 is 2.80 bits per heavy atom. The standard InChI is InChI=1S/C23H30N2O5/c1-5-14-12-25-10-9-23(19(25)11-15(14)16(13-28-2)22(27)30-4)21(26)20-17(24-23)7-6-8-18(20)29-3/h6-8,13-15,19,24H,5,9-12H2,1-4H3/b16-13+/t14-,15+,19+,23+/m0/s1. The summed E-state index contributed by atoms with van der Waals surface area (Å²) in [5.74, 6) is 0.598. The summed E-state index contributed by atoms with van der Waals surface area (Å²) in [4.78, 5) is 28.6. The van der Waals surface area contributed by atoms with Gasteiger partial charge < -0.3 is 19.5 Å². The van der Waals surface area contributed by atoms with Crippen molar-refractivity contribution >= 4 is 17.4 Å². The first-order valence-electron chi connectivity index (χ1n) is 10.6. The number of hydrogen-bond donors (Lipinski definition) is 1. The molecule has 4 rings (SSSR count). The Hall–Kier alpha value is -2.54. The summed E-state index contributed by atoms with van der Waals surface area (Å²) in [6.07, 6.45) is 3.88. The average molecular weight is 415 g/mol. The molecule has 0 saturated carbocycles. The van der Waals surface area contributed by atoms with E-state index in [9.17, 15) is 9.59 Å². The maximum atomic E-state index is 13.7. The average Bonchev–Trinajstić information content (AvgIpc) is 3.28. The van der Waals surface area contributed by atoms with Gasteiger partial charge in [0.05, 0.1) is 38.7 Å². The number of Topliss-reactive ketones (excluding diaryl/α,β-unsaturated/α-hetero) is 1. The summed E-state index contributed by atoms with van der Waals surface area (Å²) in [7, 11) is 4.53. The highest BCUT2D eigenvalue weighted by atomic mass is 16.5.